The molecule has 1 aromatic carbocycles. The number of halogens is 3. The summed E-state index contributed by atoms with van der Waals surface area (Å²) in [7, 11) is -0.935. The molecule has 2 fully saturated rings. The van der Waals surface area contributed by atoms with E-state index < -0.39 is 22.2 Å². The van der Waals surface area contributed by atoms with Crippen molar-refractivity contribution in [1.82, 2.24) is 19.4 Å². The summed E-state index contributed by atoms with van der Waals surface area (Å²) < 4.78 is 71.1. The number of alkyl halides is 3. The summed E-state index contributed by atoms with van der Waals surface area (Å²) in [5.41, 5.74) is 0. The molecule has 2 aliphatic heterocycles. The SMILES string of the molecule is COc1ccc(OC)c(S(=O)(=O)N(CCC(=O)N2CCNCC2)CCN2CCCCC2)c1.O=C(O)C(F)(F)F. The van der Waals surface area contributed by atoms with Gasteiger partial charge in [-0.2, -0.15) is 17.5 Å². The van der Waals surface area contributed by atoms with Crippen molar-refractivity contribution in [3.63, 3.8) is 0 Å². The van der Waals surface area contributed by atoms with E-state index in [4.69, 9.17) is 19.4 Å². The van der Waals surface area contributed by atoms with Crippen LogP contribution in [0.15, 0.2) is 23.1 Å². The fourth-order valence-electron chi connectivity index (χ4n) is 4.21. The Morgan fingerprint density at radius 1 is 1.03 bits per heavy atom. The molecule has 0 unspecified atom stereocenters. The van der Waals surface area contributed by atoms with Crippen molar-refractivity contribution < 1.29 is 45.8 Å². The van der Waals surface area contributed by atoms with E-state index in [0.717, 1.165) is 39.0 Å². The Hall–Kier alpha value is -2.62. The second-order valence-electron chi connectivity index (χ2n) is 9.01. The van der Waals surface area contributed by atoms with E-state index in [0.29, 0.717) is 31.9 Å². The zero-order chi connectivity index (χ0) is 29.1. The van der Waals surface area contributed by atoms with Crippen LogP contribution in [0.4, 0.5) is 13.2 Å². The van der Waals surface area contributed by atoms with Crippen molar-refractivity contribution in [3.8, 4) is 11.5 Å². The quantitative estimate of drug-likeness (QED) is 0.423. The molecule has 15 heteroatoms. The summed E-state index contributed by atoms with van der Waals surface area (Å²) >= 11 is 0. The molecule has 2 saturated heterocycles. The third kappa shape index (κ3) is 10.1. The molecule has 2 heterocycles. The summed E-state index contributed by atoms with van der Waals surface area (Å²) in [5, 5.41) is 10.4. The molecule has 1 amide bonds. The Bertz CT molecular complexity index is 1040. The lowest BCUT2D eigenvalue weighted by atomic mass is 10.1. The number of carboxylic acids is 1. The maximum absolute atomic E-state index is 13.7. The number of rotatable bonds is 10. The topological polar surface area (TPSA) is 129 Å². The lowest BCUT2D eigenvalue weighted by Gasteiger charge is -2.31. The minimum absolute atomic E-state index is 0.0118. The van der Waals surface area contributed by atoms with E-state index in [9.17, 15) is 26.4 Å². The number of amides is 1. The van der Waals surface area contributed by atoms with Gasteiger partial charge in [0.2, 0.25) is 15.9 Å². The first-order valence-electron chi connectivity index (χ1n) is 12.6. The van der Waals surface area contributed by atoms with Crippen LogP contribution in [0.2, 0.25) is 0 Å². The van der Waals surface area contributed by atoms with Crippen LogP contribution in [-0.4, -0.2) is 119 Å². The average molecular weight is 583 g/mol. The van der Waals surface area contributed by atoms with Crippen molar-refractivity contribution >= 4 is 21.9 Å². The van der Waals surface area contributed by atoms with Gasteiger partial charge in [-0.25, -0.2) is 13.2 Å². The molecule has 0 spiro atoms. The Morgan fingerprint density at radius 2 is 1.64 bits per heavy atom. The van der Waals surface area contributed by atoms with E-state index in [1.165, 1.54) is 31.0 Å². The van der Waals surface area contributed by atoms with Gasteiger partial charge in [-0.05, 0) is 38.1 Å². The second-order valence-corrected chi connectivity index (χ2v) is 10.9. The average Bonchev–Trinajstić information content (AvgIpc) is 2.93. The molecule has 0 aliphatic carbocycles. The smallest absolute Gasteiger partial charge is 0.490 e. The number of carbonyl (C=O) groups is 2. The molecule has 0 radical (unpaired) electrons. The highest BCUT2D eigenvalue weighted by atomic mass is 32.2. The molecule has 2 aliphatic rings. The van der Waals surface area contributed by atoms with Gasteiger partial charge >= 0.3 is 12.1 Å². The van der Waals surface area contributed by atoms with Crippen LogP contribution in [0.25, 0.3) is 0 Å². The van der Waals surface area contributed by atoms with Gasteiger partial charge in [0.1, 0.15) is 16.4 Å². The van der Waals surface area contributed by atoms with E-state index >= 15 is 0 Å². The number of aliphatic carboxylic acids is 1. The van der Waals surface area contributed by atoms with Gasteiger partial charge in [0.25, 0.3) is 0 Å². The third-order valence-corrected chi connectivity index (χ3v) is 8.31. The number of methoxy groups -OCH3 is 2. The number of carbonyl (C=O) groups excluding carboxylic acids is 1. The van der Waals surface area contributed by atoms with Crippen LogP contribution in [0.1, 0.15) is 25.7 Å². The van der Waals surface area contributed by atoms with Gasteiger partial charge in [-0.15, -0.1) is 0 Å². The maximum Gasteiger partial charge on any atom is 0.490 e. The van der Waals surface area contributed by atoms with Crippen molar-refractivity contribution in [3.05, 3.63) is 18.2 Å². The first-order chi connectivity index (χ1) is 18.4. The predicted octanol–water partition coefficient (Wildman–Crippen LogP) is 1.64. The molecule has 0 atom stereocenters. The molecule has 11 nitrogen and oxygen atoms in total. The van der Waals surface area contributed by atoms with Gasteiger partial charge in [0, 0.05) is 58.3 Å². The number of nitrogens with one attached hydrogen (secondary N) is 1. The lowest BCUT2D eigenvalue weighted by molar-refractivity contribution is -0.192. The summed E-state index contributed by atoms with van der Waals surface area (Å²) in [4.78, 5) is 25.8. The van der Waals surface area contributed by atoms with Crippen LogP contribution in [0, 0.1) is 0 Å². The molecule has 3 rings (SSSR count). The Kier molecular flexibility index (Phi) is 12.7. The van der Waals surface area contributed by atoms with Gasteiger partial charge in [-0.1, -0.05) is 6.42 Å². The number of hydrogen-bond acceptors (Lipinski definition) is 8. The standard InChI is InChI=1S/C22H36N4O5S.C2HF3O2/c1-30-19-6-7-20(31-2)21(18-19)32(28,29)26(17-16-24-11-4-3-5-12-24)13-8-22(27)25-14-9-23-10-15-25;3-2(4,5)1(6)7/h6-7,18,23H,3-5,8-17H2,1-2H3;(H,6,7). The van der Waals surface area contributed by atoms with Crippen LogP contribution < -0.4 is 14.8 Å². The summed E-state index contributed by atoms with van der Waals surface area (Å²) in [6.45, 7) is 5.93. The van der Waals surface area contributed by atoms with Gasteiger partial charge in [-0.3, -0.25) is 4.79 Å². The van der Waals surface area contributed by atoms with E-state index in [2.05, 4.69) is 10.2 Å². The van der Waals surface area contributed by atoms with Crippen LogP contribution in [-0.2, 0) is 19.6 Å². The number of piperidine rings is 1. The number of piperazine rings is 1. The van der Waals surface area contributed by atoms with Crippen molar-refractivity contribution in [1.29, 1.82) is 0 Å². The molecule has 0 aromatic heterocycles. The molecule has 0 saturated carbocycles. The minimum Gasteiger partial charge on any atom is -0.497 e. The Labute approximate surface area is 226 Å². The van der Waals surface area contributed by atoms with Crippen molar-refractivity contribution in [2.24, 2.45) is 0 Å². The van der Waals surface area contributed by atoms with Crippen molar-refractivity contribution in [2.45, 2.75) is 36.8 Å². The lowest BCUT2D eigenvalue weighted by Crippen LogP contribution is -2.47. The molecule has 39 heavy (non-hydrogen) atoms. The highest BCUT2D eigenvalue weighted by molar-refractivity contribution is 7.89. The van der Waals surface area contributed by atoms with E-state index in [1.54, 1.807) is 17.0 Å². The first kappa shape index (κ1) is 32.6. The van der Waals surface area contributed by atoms with Crippen LogP contribution >= 0.6 is 0 Å². The number of sulfonamides is 1. The number of benzene rings is 1. The maximum atomic E-state index is 13.7. The molecule has 1 aromatic rings. The molecule has 222 valence electrons. The number of nitrogens with zero attached hydrogens (tertiary/aromatic N) is 3. The normalized spacial score (nSPS) is 16.8. The minimum atomic E-state index is -5.08. The third-order valence-electron chi connectivity index (χ3n) is 6.39. The molecule has 2 N–H and O–H groups in total. The molecular weight excluding hydrogens is 545 g/mol. The van der Waals surface area contributed by atoms with Gasteiger partial charge in [0.05, 0.1) is 14.2 Å². The first-order valence-corrected chi connectivity index (χ1v) is 14.1. The molecular formula is C24H37F3N4O7S. The second kappa shape index (κ2) is 15.2. The van der Waals surface area contributed by atoms with Crippen LogP contribution in [0.3, 0.4) is 0 Å². The fraction of sp³-hybridized carbons (Fsp3) is 0.667. The number of ether oxygens (including phenoxy) is 2. The highest BCUT2D eigenvalue weighted by Crippen LogP contribution is 2.31. The Morgan fingerprint density at radius 3 is 2.18 bits per heavy atom. The van der Waals surface area contributed by atoms with Gasteiger partial charge < -0.3 is 29.7 Å². The van der Waals surface area contributed by atoms with Crippen LogP contribution in [0.5, 0.6) is 11.5 Å². The van der Waals surface area contributed by atoms with Crippen molar-refractivity contribution in [2.75, 3.05) is 73.1 Å². The largest absolute Gasteiger partial charge is 0.497 e. The number of carboxylic acid groups (broad SMARTS) is 1. The number of hydrogen-bond donors (Lipinski definition) is 2. The zero-order valence-electron chi connectivity index (χ0n) is 22.2. The zero-order valence-corrected chi connectivity index (χ0v) is 23.0. The summed E-state index contributed by atoms with van der Waals surface area (Å²) in [5.74, 6) is -2.06. The van der Waals surface area contributed by atoms with E-state index in [1.807, 2.05) is 0 Å². The fourth-order valence-corrected chi connectivity index (χ4v) is 5.81. The predicted molar refractivity (Wildman–Crippen MR) is 136 cm³/mol. The monoisotopic (exact) mass is 582 g/mol. The van der Waals surface area contributed by atoms with E-state index in [-0.39, 0.29) is 29.5 Å². The van der Waals surface area contributed by atoms with Gasteiger partial charge in [0.15, 0.2) is 0 Å². The molecule has 0 bridgehead atoms. The Balaban J connectivity index is 0.000000673. The highest BCUT2D eigenvalue weighted by Gasteiger charge is 2.38. The summed E-state index contributed by atoms with van der Waals surface area (Å²) in [6.07, 6.45) is -1.43. The number of likely N-dealkylation sites (tertiary alicyclic amines) is 1. The summed E-state index contributed by atoms with van der Waals surface area (Å²) in [6, 6.07) is 4.75.